The number of likely N-dealkylation sites (tertiary alicyclic amines) is 2. The smallest absolute Gasteiger partial charge is 0.314 e. The van der Waals surface area contributed by atoms with E-state index in [9.17, 15) is 4.79 Å². The molecule has 0 unspecified atom stereocenters. The molecular formula is C19H38N4O. The van der Waals surface area contributed by atoms with Gasteiger partial charge in [0.05, 0.1) is 0 Å². The predicted octanol–water partition coefficient (Wildman–Crippen LogP) is 2.82. The van der Waals surface area contributed by atoms with Gasteiger partial charge in [-0.1, -0.05) is 19.3 Å². The van der Waals surface area contributed by atoms with Crippen LogP contribution in [0.5, 0.6) is 0 Å². The molecule has 140 valence electrons. The van der Waals surface area contributed by atoms with Crippen molar-refractivity contribution in [3.05, 3.63) is 0 Å². The van der Waals surface area contributed by atoms with Crippen LogP contribution in [0.2, 0.25) is 0 Å². The van der Waals surface area contributed by atoms with Crippen molar-refractivity contribution in [3.8, 4) is 0 Å². The van der Waals surface area contributed by atoms with Gasteiger partial charge in [0.15, 0.2) is 0 Å². The first-order valence-electron chi connectivity index (χ1n) is 10.1. The van der Waals surface area contributed by atoms with Crippen molar-refractivity contribution in [2.24, 2.45) is 0 Å². The van der Waals surface area contributed by atoms with Crippen molar-refractivity contribution < 1.29 is 4.79 Å². The summed E-state index contributed by atoms with van der Waals surface area (Å²) in [4.78, 5) is 17.1. The lowest BCUT2D eigenvalue weighted by Gasteiger charge is -2.41. The number of rotatable bonds is 7. The van der Waals surface area contributed by atoms with Crippen molar-refractivity contribution in [1.29, 1.82) is 0 Å². The third kappa shape index (κ3) is 6.98. The Kier molecular flexibility index (Phi) is 8.33. The van der Waals surface area contributed by atoms with E-state index in [2.05, 4.69) is 34.3 Å². The lowest BCUT2D eigenvalue weighted by atomic mass is 9.98. The van der Waals surface area contributed by atoms with E-state index < -0.39 is 0 Å². The normalized spacial score (nSPS) is 21.2. The first kappa shape index (κ1) is 19.5. The zero-order chi connectivity index (χ0) is 17.3. The second-order valence-electron chi connectivity index (χ2n) is 8.08. The molecule has 2 aliphatic heterocycles. The highest BCUT2D eigenvalue weighted by atomic mass is 16.2. The number of amides is 2. The molecule has 2 amide bonds. The van der Waals surface area contributed by atoms with Crippen LogP contribution >= 0.6 is 0 Å². The van der Waals surface area contributed by atoms with E-state index in [0.29, 0.717) is 6.54 Å². The maximum absolute atomic E-state index is 12.0. The van der Waals surface area contributed by atoms with Gasteiger partial charge in [0, 0.05) is 18.6 Å². The van der Waals surface area contributed by atoms with Gasteiger partial charge in [-0.05, 0) is 78.7 Å². The Bertz CT molecular complexity index is 358. The minimum Gasteiger partial charge on any atom is -0.338 e. The molecular weight excluding hydrogens is 300 g/mol. The molecule has 2 fully saturated rings. The van der Waals surface area contributed by atoms with Crippen LogP contribution in [0.25, 0.3) is 0 Å². The highest BCUT2D eigenvalue weighted by Gasteiger charge is 2.28. The van der Waals surface area contributed by atoms with Crippen molar-refractivity contribution in [2.45, 2.75) is 70.8 Å². The average Bonchev–Trinajstić information content (AvgIpc) is 2.87. The fourth-order valence-corrected chi connectivity index (χ4v) is 3.83. The number of hydrogen-bond acceptors (Lipinski definition) is 3. The van der Waals surface area contributed by atoms with Crippen LogP contribution < -0.4 is 10.6 Å². The summed E-state index contributed by atoms with van der Waals surface area (Å²) in [6.45, 7) is 11.8. The third-order valence-corrected chi connectivity index (χ3v) is 5.53. The molecule has 0 saturated carbocycles. The number of hydrogen-bond donors (Lipinski definition) is 2. The molecule has 0 aliphatic carbocycles. The molecule has 24 heavy (non-hydrogen) atoms. The number of nitrogens with zero attached hydrogens (tertiary/aromatic N) is 2. The Morgan fingerprint density at radius 2 is 1.46 bits per heavy atom. The molecule has 0 aromatic heterocycles. The molecule has 5 heteroatoms. The number of carbonyl (C=O) groups is 1. The molecule has 0 aromatic rings. The Labute approximate surface area is 148 Å². The lowest BCUT2D eigenvalue weighted by Crippen LogP contribution is -2.54. The average molecular weight is 339 g/mol. The zero-order valence-electron chi connectivity index (χ0n) is 15.9. The van der Waals surface area contributed by atoms with Gasteiger partial charge < -0.3 is 15.5 Å². The summed E-state index contributed by atoms with van der Waals surface area (Å²) in [5, 5.41) is 6.08. The Morgan fingerprint density at radius 3 is 2.12 bits per heavy atom. The van der Waals surface area contributed by atoms with Crippen molar-refractivity contribution in [2.75, 3.05) is 45.8 Å². The molecule has 0 bridgehead atoms. The van der Waals surface area contributed by atoms with Crippen LogP contribution in [0.3, 0.4) is 0 Å². The van der Waals surface area contributed by atoms with Gasteiger partial charge in [0.25, 0.3) is 0 Å². The van der Waals surface area contributed by atoms with Crippen molar-refractivity contribution in [1.82, 2.24) is 20.4 Å². The Balaban J connectivity index is 1.55. The number of nitrogens with one attached hydrogen (secondary N) is 2. The first-order valence-corrected chi connectivity index (χ1v) is 10.1. The van der Waals surface area contributed by atoms with Gasteiger partial charge in [-0.2, -0.15) is 0 Å². The van der Waals surface area contributed by atoms with Gasteiger partial charge in [-0.25, -0.2) is 4.79 Å². The largest absolute Gasteiger partial charge is 0.338 e. The maximum Gasteiger partial charge on any atom is 0.314 e. The van der Waals surface area contributed by atoms with E-state index in [1.54, 1.807) is 0 Å². The van der Waals surface area contributed by atoms with E-state index in [1.165, 1.54) is 58.0 Å². The standard InChI is InChI=1S/C19H38N4O/c1-19(2,23-15-8-5-9-16-23)17-21-18(24)20-11-10-14-22-12-6-3-4-7-13-22/h3-17H2,1-2H3,(H2,20,21,24). The van der Waals surface area contributed by atoms with Crippen LogP contribution in [0, 0.1) is 0 Å². The summed E-state index contributed by atoms with van der Waals surface area (Å²) in [5.41, 5.74) is 0.0454. The molecule has 2 saturated heterocycles. The van der Waals surface area contributed by atoms with E-state index >= 15 is 0 Å². The van der Waals surface area contributed by atoms with Crippen LogP contribution in [0.1, 0.15) is 65.2 Å². The second-order valence-corrected chi connectivity index (χ2v) is 8.08. The third-order valence-electron chi connectivity index (χ3n) is 5.53. The highest BCUT2D eigenvalue weighted by Crippen LogP contribution is 2.19. The molecule has 0 radical (unpaired) electrons. The fraction of sp³-hybridized carbons (Fsp3) is 0.947. The van der Waals surface area contributed by atoms with Crippen LogP contribution in [0.4, 0.5) is 4.79 Å². The van der Waals surface area contributed by atoms with Gasteiger partial charge in [-0.15, -0.1) is 0 Å². The Hall–Kier alpha value is -0.810. The summed E-state index contributed by atoms with van der Waals surface area (Å²) in [7, 11) is 0. The summed E-state index contributed by atoms with van der Waals surface area (Å²) in [6, 6.07) is -0.0176. The molecule has 0 aromatic carbocycles. The first-order chi connectivity index (χ1) is 11.6. The number of carbonyl (C=O) groups excluding carboxylic acids is 1. The highest BCUT2D eigenvalue weighted by molar-refractivity contribution is 5.73. The van der Waals surface area contributed by atoms with E-state index in [1.807, 2.05) is 0 Å². The molecule has 5 nitrogen and oxygen atoms in total. The number of piperidine rings is 1. The van der Waals surface area contributed by atoms with Crippen LogP contribution in [-0.2, 0) is 0 Å². The summed E-state index contributed by atoms with van der Waals surface area (Å²) >= 11 is 0. The molecule has 2 N–H and O–H groups in total. The summed E-state index contributed by atoms with van der Waals surface area (Å²) in [6.07, 6.45) is 10.4. The summed E-state index contributed by atoms with van der Waals surface area (Å²) in [5.74, 6) is 0. The van der Waals surface area contributed by atoms with Gasteiger partial charge in [-0.3, -0.25) is 4.90 Å². The minimum atomic E-state index is -0.0176. The van der Waals surface area contributed by atoms with E-state index in [0.717, 1.165) is 32.6 Å². The van der Waals surface area contributed by atoms with Crippen molar-refractivity contribution in [3.63, 3.8) is 0 Å². The molecule has 2 aliphatic rings. The van der Waals surface area contributed by atoms with Gasteiger partial charge in [0.2, 0.25) is 0 Å². The predicted molar refractivity (Wildman–Crippen MR) is 100 cm³/mol. The van der Waals surface area contributed by atoms with Crippen molar-refractivity contribution >= 4 is 6.03 Å². The quantitative estimate of drug-likeness (QED) is 0.702. The monoisotopic (exact) mass is 338 g/mol. The topological polar surface area (TPSA) is 47.6 Å². The fourth-order valence-electron chi connectivity index (χ4n) is 3.83. The second kappa shape index (κ2) is 10.2. The van der Waals surface area contributed by atoms with Gasteiger partial charge >= 0.3 is 6.03 Å². The zero-order valence-corrected chi connectivity index (χ0v) is 15.9. The molecule has 0 spiro atoms. The molecule has 0 atom stereocenters. The minimum absolute atomic E-state index is 0.0176. The van der Waals surface area contributed by atoms with Crippen LogP contribution in [0.15, 0.2) is 0 Å². The summed E-state index contributed by atoms with van der Waals surface area (Å²) < 4.78 is 0. The van der Waals surface area contributed by atoms with E-state index in [-0.39, 0.29) is 11.6 Å². The molecule has 2 heterocycles. The Morgan fingerprint density at radius 1 is 0.875 bits per heavy atom. The van der Waals surface area contributed by atoms with Gasteiger partial charge in [0.1, 0.15) is 0 Å². The van der Waals surface area contributed by atoms with Crippen LogP contribution in [-0.4, -0.2) is 67.2 Å². The number of urea groups is 1. The maximum atomic E-state index is 12.0. The SMILES string of the molecule is CC(C)(CNC(=O)NCCCN1CCCCCC1)N1CCCCC1. The lowest BCUT2D eigenvalue weighted by molar-refractivity contribution is 0.0960. The molecule has 2 rings (SSSR count). The van der Waals surface area contributed by atoms with E-state index in [4.69, 9.17) is 0 Å².